The number of nitrogens with one attached hydrogen (secondary N) is 1. The third-order valence-electron chi connectivity index (χ3n) is 7.14. The molecule has 0 saturated carbocycles. The van der Waals surface area contributed by atoms with Crippen molar-refractivity contribution in [2.75, 3.05) is 13.2 Å². The molecule has 1 aromatic heterocycles. The van der Waals surface area contributed by atoms with Crippen molar-refractivity contribution in [1.82, 2.24) is 14.9 Å². The van der Waals surface area contributed by atoms with Gasteiger partial charge < -0.3 is 14.6 Å². The van der Waals surface area contributed by atoms with E-state index in [-0.39, 0.29) is 11.3 Å². The van der Waals surface area contributed by atoms with Crippen LogP contribution in [0.2, 0.25) is 0 Å². The van der Waals surface area contributed by atoms with E-state index in [1.54, 1.807) is 0 Å². The van der Waals surface area contributed by atoms with Crippen LogP contribution in [0.25, 0.3) is 11.0 Å². The minimum Gasteiger partial charge on any atom is -0.494 e. The molecule has 1 heterocycles. The van der Waals surface area contributed by atoms with E-state index in [2.05, 4.69) is 79.2 Å². The van der Waals surface area contributed by atoms with E-state index in [9.17, 15) is 4.79 Å². The van der Waals surface area contributed by atoms with Crippen molar-refractivity contribution in [2.24, 2.45) is 0 Å². The summed E-state index contributed by atoms with van der Waals surface area (Å²) >= 11 is 0. The molecule has 0 spiro atoms. The van der Waals surface area contributed by atoms with E-state index in [0.29, 0.717) is 13.2 Å². The van der Waals surface area contributed by atoms with E-state index in [1.807, 2.05) is 31.2 Å². The molecule has 0 radical (unpaired) electrons. The van der Waals surface area contributed by atoms with Crippen LogP contribution in [0.4, 0.5) is 0 Å². The molecule has 5 heteroatoms. The summed E-state index contributed by atoms with van der Waals surface area (Å²) in [5.41, 5.74) is 5.57. The average molecular weight is 526 g/mol. The van der Waals surface area contributed by atoms with Crippen molar-refractivity contribution in [1.29, 1.82) is 0 Å². The highest BCUT2D eigenvalue weighted by atomic mass is 16.5. The van der Waals surface area contributed by atoms with Gasteiger partial charge in [-0.15, -0.1) is 0 Å². The lowest BCUT2D eigenvalue weighted by molar-refractivity contribution is 0.0953. The highest BCUT2D eigenvalue weighted by molar-refractivity contribution is 5.94. The molecular weight excluding hydrogens is 482 g/mol. The first-order valence-electron chi connectivity index (χ1n) is 14.3. The number of aromatic nitrogens is 2. The summed E-state index contributed by atoms with van der Waals surface area (Å²) in [7, 11) is 0. The normalized spacial score (nSPS) is 11.6. The Morgan fingerprint density at radius 1 is 0.897 bits per heavy atom. The number of ether oxygens (including phenoxy) is 1. The summed E-state index contributed by atoms with van der Waals surface area (Å²) in [5.74, 6) is 2.09. The van der Waals surface area contributed by atoms with Crippen molar-refractivity contribution in [2.45, 2.75) is 78.2 Å². The van der Waals surface area contributed by atoms with Gasteiger partial charge in [0.05, 0.1) is 17.6 Å². The highest BCUT2D eigenvalue weighted by Crippen LogP contribution is 2.24. The molecular formula is C34H43N3O2. The number of amides is 1. The van der Waals surface area contributed by atoms with Gasteiger partial charge in [-0.2, -0.15) is 0 Å². The Morgan fingerprint density at radius 3 is 2.46 bits per heavy atom. The zero-order valence-electron chi connectivity index (χ0n) is 24.0. The van der Waals surface area contributed by atoms with Crippen LogP contribution in [-0.4, -0.2) is 28.6 Å². The first-order valence-corrected chi connectivity index (χ1v) is 14.3. The number of para-hydroxylation sites is 2. The van der Waals surface area contributed by atoms with E-state index in [0.717, 1.165) is 73.3 Å². The van der Waals surface area contributed by atoms with Crippen LogP contribution in [0.5, 0.6) is 5.75 Å². The molecule has 206 valence electrons. The number of hydrogen-bond acceptors (Lipinski definition) is 3. The summed E-state index contributed by atoms with van der Waals surface area (Å²) in [6, 6.07) is 24.6. The van der Waals surface area contributed by atoms with Crippen LogP contribution in [0, 0.1) is 6.92 Å². The molecule has 5 nitrogen and oxygen atoms in total. The maximum atomic E-state index is 12.3. The van der Waals surface area contributed by atoms with E-state index >= 15 is 0 Å². The number of benzene rings is 3. The molecule has 1 N–H and O–H groups in total. The fourth-order valence-corrected chi connectivity index (χ4v) is 4.85. The molecule has 0 bridgehead atoms. The molecule has 0 unspecified atom stereocenters. The molecule has 0 aliphatic rings. The monoisotopic (exact) mass is 525 g/mol. The van der Waals surface area contributed by atoms with Gasteiger partial charge in [-0.1, -0.05) is 69.2 Å². The molecule has 1 amide bonds. The summed E-state index contributed by atoms with van der Waals surface area (Å²) in [5, 5.41) is 3.05. The first kappa shape index (κ1) is 28.4. The quantitative estimate of drug-likeness (QED) is 0.182. The zero-order chi connectivity index (χ0) is 27.7. The number of hydrogen-bond donors (Lipinski definition) is 1. The number of unbranched alkanes of at least 4 members (excludes halogenated alkanes) is 3. The fraction of sp³-hybridized carbons (Fsp3) is 0.412. The van der Waals surface area contributed by atoms with E-state index in [1.165, 1.54) is 11.1 Å². The van der Waals surface area contributed by atoms with E-state index < -0.39 is 0 Å². The minimum absolute atomic E-state index is 0.00592. The Balaban J connectivity index is 1.21. The van der Waals surface area contributed by atoms with Gasteiger partial charge in [0, 0.05) is 25.1 Å². The average Bonchev–Trinajstić information content (AvgIpc) is 3.27. The van der Waals surface area contributed by atoms with E-state index in [4.69, 9.17) is 9.72 Å². The Labute approximate surface area is 233 Å². The van der Waals surface area contributed by atoms with Crippen molar-refractivity contribution >= 4 is 16.9 Å². The largest absolute Gasteiger partial charge is 0.494 e. The lowest BCUT2D eigenvalue weighted by atomic mass is 9.87. The second-order valence-electron chi connectivity index (χ2n) is 11.4. The van der Waals surface area contributed by atoms with Crippen molar-refractivity contribution in [3.8, 4) is 5.75 Å². The molecule has 4 aromatic rings. The molecule has 0 saturated heterocycles. The fourth-order valence-electron chi connectivity index (χ4n) is 4.85. The molecule has 4 rings (SSSR count). The van der Waals surface area contributed by atoms with Gasteiger partial charge in [0.15, 0.2) is 0 Å². The SMILES string of the molecule is Cc1cccc(C(=O)NCCCCCc2nc3ccccc3n2CCCCOc2ccc(C(C)(C)C)cc2)c1. The Bertz CT molecular complexity index is 1350. The molecule has 3 aromatic carbocycles. The second-order valence-corrected chi connectivity index (χ2v) is 11.4. The Morgan fingerprint density at radius 2 is 1.69 bits per heavy atom. The van der Waals surface area contributed by atoms with Gasteiger partial charge >= 0.3 is 0 Å². The van der Waals surface area contributed by atoms with Crippen LogP contribution in [0.3, 0.4) is 0 Å². The van der Waals surface area contributed by atoms with Gasteiger partial charge in [-0.05, 0) is 80.0 Å². The van der Waals surface area contributed by atoms with Crippen molar-refractivity contribution in [3.63, 3.8) is 0 Å². The lowest BCUT2D eigenvalue weighted by Gasteiger charge is -2.19. The standard InChI is InChI=1S/C34H43N3O2/c1-26-13-12-14-27(25-26)33(38)35-22-9-5-6-17-32-36-30-15-7-8-16-31(30)37(32)23-10-11-24-39-29-20-18-28(19-21-29)34(2,3)4/h7-8,12-16,18-21,25H,5-6,9-11,17,22-24H2,1-4H3,(H,35,38). The predicted molar refractivity (Wildman–Crippen MR) is 161 cm³/mol. The predicted octanol–water partition coefficient (Wildman–Crippen LogP) is 7.64. The van der Waals surface area contributed by atoms with Gasteiger partial charge in [-0.3, -0.25) is 4.79 Å². The lowest BCUT2D eigenvalue weighted by Crippen LogP contribution is -2.24. The third-order valence-corrected chi connectivity index (χ3v) is 7.14. The summed E-state index contributed by atoms with van der Waals surface area (Å²) in [4.78, 5) is 17.3. The van der Waals surface area contributed by atoms with Crippen molar-refractivity contribution < 1.29 is 9.53 Å². The molecule has 39 heavy (non-hydrogen) atoms. The van der Waals surface area contributed by atoms with Gasteiger partial charge in [-0.25, -0.2) is 4.98 Å². The second kappa shape index (κ2) is 13.5. The number of fused-ring (bicyclic) bond motifs is 1. The smallest absolute Gasteiger partial charge is 0.251 e. The topological polar surface area (TPSA) is 56.2 Å². The molecule has 0 atom stereocenters. The van der Waals surface area contributed by atoms with Crippen LogP contribution in [-0.2, 0) is 18.4 Å². The van der Waals surface area contributed by atoms with Gasteiger partial charge in [0.25, 0.3) is 5.91 Å². The molecule has 0 fully saturated rings. The summed E-state index contributed by atoms with van der Waals surface area (Å²) in [6.07, 6.45) is 6.05. The van der Waals surface area contributed by atoms with Crippen molar-refractivity contribution in [3.05, 3.63) is 95.3 Å². The van der Waals surface area contributed by atoms with Crippen LogP contribution < -0.4 is 10.1 Å². The maximum Gasteiger partial charge on any atom is 0.251 e. The molecule has 0 aliphatic carbocycles. The first-order chi connectivity index (χ1) is 18.8. The van der Waals surface area contributed by atoms with Gasteiger partial charge in [0.2, 0.25) is 0 Å². The number of nitrogens with zero attached hydrogens (tertiary/aromatic N) is 2. The Hall–Kier alpha value is -3.60. The summed E-state index contributed by atoms with van der Waals surface area (Å²) < 4.78 is 8.39. The number of carbonyl (C=O) groups excluding carboxylic acids is 1. The Kier molecular flexibility index (Phi) is 9.80. The van der Waals surface area contributed by atoms with Crippen LogP contribution >= 0.6 is 0 Å². The van der Waals surface area contributed by atoms with Crippen LogP contribution in [0.15, 0.2) is 72.8 Å². The number of aryl methyl sites for hydroxylation is 3. The zero-order valence-corrected chi connectivity index (χ0v) is 24.0. The van der Waals surface area contributed by atoms with Crippen LogP contribution in [0.1, 0.15) is 80.2 Å². The minimum atomic E-state index is 0.00592. The summed E-state index contributed by atoms with van der Waals surface area (Å²) in [6.45, 7) is 11.0. The number of imidazole rings is 1. The third kappa shape index (κ3) is 8.19. The number of carbonyl (C=O) groups is 1. The number of rotatable bonds is 13. The highest BCUT2D eigenvalue weighted by Gasteiger charge is 2.13. The maximum absolute atomic E-state index is 12.3. The van der Waals surface area contributed by atoms with Gasteiger partial charge in [0.1, 0.15) is 11.6 Å². The molecule has 0 aliphatic heterocycles.